The molecule has 2 heterocycles. The highest BCUT2D eigenvalue weighted by Gasteiger charge is 2.02. The van der Waals surface area contributed by atoms with E-state index in [1.807, 2.05) is 47.8 Å². The minimum absolute atomic E-state index is 0.00930. The minimum Gasteiger partial charge on any atom is -0.288 e. The minimum atomic E-state index is -0.00930. The fraction of sp³-hybridized carbons (Fsp3) is 0. The quantitative estimate of drug-likeness (QED) is 0.537. The lowest BCUT2D eigenvalue weighted by molar-refractivity contribution is 0.105. The Balaban J connectivity index is 1.87. The Labute approximate surface area is 114 Å². The zero-order chi connectivity index (χ0) is 13.1. The summed E-state index contributed by atoms with van der Waals surface area (Å²) in [4.78, 5) is 12.5. The highest BCUT2D eigenvalue weighted by molar-refractivity contribution is 7.12. The molecule has 3 aromatic rings. The second-order valence-electron chi connectivity index (χ2n) is 4.00. The van der Waals surface area contributed by atoms with E-state index in [0.717, 1.165) is 15.8 Å². The molecule has 0 aliphatic carbocycles. The molecule has 3 nitrogen and oxygen atoms in total. The molecule has 0 saturated carbocycles. The molecule has 2 aromatic heterocycles. The fourth-order valence-electron chi connectivity index (χ4n) is 1.74. The Hall–Kier alpha value is -2.33. The molecule has 0 unspecified atom stereocenters. The fourth-order valence-corrected chi connectivity index (χ4v) is 2.39. The smallest absolute Gasteiger partial charge is 0.195 e. The van der Waals surface area contributed by atoms with Crippen LogP contribution in [0.25, 0.3) is 17.0 Å². The number of thiophene rings is 1. The van der Waals surface area contributed by atoms with E-state index in [1.54, 1.807) is 6.08 Å². The lowest BCUT2D eigenvalue weighted by Crippen LogP contribution is -1.91. The molecule has 0 radical (unpaired) electrons. The number of carbonyl (C=O) groups is 1. The van der Waals surface area contributed by atoms with Gasteiger partial charge in [-0.3, -0.25) is 4.79 Å². The van der Waals surface area contributed by atoms with Gasteiger partial charge in [-0.1, -0.05) is 24.3 Å². The Morgan fingerprint density at radius 2 is 2.00 bits per heavy atom. The summed E-state index contributed by atoms with van der Waals surface area (Å²) < 4.78 is 0. The second kappa shape index (κ2) is 5.12. The van der Waals surface area contributed by atoms with Crippen LogP contribution in [0.5, 0.6) is 0 Å². The van der Waals surface area contributed by atoms with Gasteiger partial charge in [-0.15, -0.1) is 16.4 Å². The van der Waals surface area contributed by atoms with Gasteiger partial charge in [-0.2, -0.15) is 5.10 Å². The van der Waals surface area contributed by atoms with Gasteiger partial charge in [0.1, 0.15) is 0 Å². The summed E-state index contributed by atoms with van der Waals surface area (Å²) in [6.45, 7) is 0. The summed E-state index contributed by atoms with van der Waals surface area (Å²) in [5, 5.41) is 11.1. The number of nitrogens with zero attached hydrogens (tertiary/aromatic N) is 2. The number of fused-ring (bicyclic) bond motifs is 1. The molecule has 3 rings (SSSR count). The van der Waals surface area contributed by atoms with Gasteiger partial charge in [0.25, 0.3) is 0 Å². The standard InChI is InChI=1S/C15H10N2OS/c18-14(15-6-3-9-19-15)8-7-12-10-11-4-1-2-5-13(11)17-16-12/h1-10H/b8-7+. The van der Waals surface area contributed by atoms with Crippen LogP contribution in [0.3, 0.4) is 0 Å². The van der Waals surface area contributed by atoms with E-state index in [2.05, 4.69) is 10.2 Å². The highest BCUT2D eigenvalue weighted by Crippen LogP contribution is 2.13. The summed E-state index contributed by atoms with van der Waals surface area (Å²) >= 11 is 1.43. The predicted molar refractivity (Wildman–Crippen MR) is 77.2 cm³/mol. The topological polar surface area (TPSA) is 42.9 Å². The Morgan fingerprint density at radius 3 is 2.84 bits per heavy atom. The average molecular weight is 266 g/mol. The Morgan fingerprint density at radius 1 is 1.11 bits per heavy atom. The molecule has 0 amide bonds. The lowest BCUT2D eigenvalue weighted by atomic mass is 10.2. The molecule has 0 aliphatic rings. The zero-order valence-electron chi connectivity index (χ0n) is 9.98. The average Bonchev–Trinajstić information content (AvgIpc) is 2.99. The van der Waals surface area contributed by atoms with Crippen molar-refractivity contribution in [3.63, 3.8) is 0 Å². The van der Waals surface area contributed by atoms with Crippen molar-refractivity contribution in [3.05, 3.63) is 64.5 Å². The number of benzene rings is 1. The normalized spacial score (nSPS) is 11.2. The first kappa shape index (κ1) is 11.7. The van der Waals surface area contributed by atoms with Crippen molar-refractivity contribution >= 4 is 34.1 Å². The summed E-state index contributed by atoms with van der Waals surface area (Å²) in [6, 6.07) is 13.3. The van der Waals surface area contributed by atoms with E-state index >= 15 is 0 Å². The van der Waals surface area contributed by atoms with Crippen LogP contribution in [-0.2, 0) is 0 Å². The highest BCUT2D eigenvalue weighted by atomic mass is 32.1. The first-order valence-corrected chi connectivity index (χ1v) is 6.69. The van der Waals surface area contributed by atoms with Gasteiger partial charge < -0.3 is 0 Å². The number of allylic oxidation sites excluding steroid dienone is 1. The zero-order valence-corrected chi connectivity index (χ0v) is 10.8. The molecule has 0 atom stereocenters. The van der Waals surface area contributed by atoms with Crippen molar-refractivity contribution in [3.8, 4) is 0 Å². The lowest BCUT2D eigenvalue weighted by Gasteiger charge is -1.96. The van der Waals surface area contributed by atoms with E-state index in [-0.39, 0.29) is 5.78 Å². The van der Waals surface area contributed by atoms with Crippen molar-refractivity contribution in [2.45, 2.75) is 0 Å². The first-order valence-electron chi connectivity index (χ1n) is 5.81. The van der Waals surface area contributed by atoms with Crippen LogP contribution in [0.2, 0.25) is 0 Å². The van der Waals surface area contributed by atoms with Gasteiger partial charge in [-0.05, 0) is 35.7 Å². The molecule has 1 aromatic carbocycles. The van der Waals surface area contributed by atoms with Crippen LogP contribution in [0.1, 0.15) is 15.4 Å². The number of hydrogen-bond acceptors (Lipinski definition) is 4. The van der Waals surface area contributed by atoms with Gasteiger partial charge >= 0.3 is 0 Å². The van der Waals surface area contributed by atoms with Crippen LogP contribution in [0, 0.1) is 0 Å². The van der Waals surface area contributed by atoms with Gasteiger partial charge in [0, 0.05) is 5.39 Å². The molecule has 92 valence electrons. The van der Waals surface area contributed by atoms with E-state index in [1.165, 1.54) is 17.4 Å². The van der Waals surface area contributed by atoms with Gasteiger partial charge in [-0.25, -0.2) is 0 Å². The molecule has 0 spiro atoms. The number of hydrogen-bond donors (Lipinski definition) is 0. The molecular weight excluding hydrogens is 256 g/mol. The van der Waals surface area contributed by atoms with Crippen molar-refractivity contribution in [1.29, 1.82) is 0 Å². The number of carbonyl (C=O) groups excluding carboxylic acids is 1. The summed E-state index contributed by atoms with van der Waals surface area (Å²) in [6.07, 6.45) is 3.23. The predicted octanol–water partition coefficient (Wildman–Crippen LogP) is 3.59. The van der Waals surface area contributed by atoms with E-state index in [0.29, 0.717) is 5.69 Å². The largest absolute Gasteiger partial charge is 0.288 e. The van der Waals surface area contributed by atoms with Crippen LogP contribution in [0.15, 0.2) is 53.9 Å². The maximum Gasteiger partial charge on any atom is 0.195 e. The monoisotopic (exact) mass is 266 g/mol. The molecular formula is C15H10N2OS. The van der Waals surface area contributed by atoms with E-state index < -0.39 is 0 Å². The van der Waals surface area contributed by atoms with Crippen LogP contribution >= 0.6 is 11.3 Å². The molecule has 0 fully saturated rings. The maximum absolute atomic E-state index is 11.8. The molecule has 0 aliphatic heterocycles. The molecule has 4 heteroatoms. The molecule has 0 N–H and O–H groups in total. The van der Waals surface area contributed by atoms with Crippen molar-refractivity contribution in [2.75, 3.05) is 0 Å². The number of ketones is 1. The summed E-state index contributed by atoms with van der Waals surface area (Å²) in [7, 11) is 0. The maximum atomic E-state index is 11.8. The van der Waals surface area contributed by atoms with Gasteiger partial charge in [0.15, 0.2) is 5.78 Å². The van der Waals surface area contributed by atoms with E-state index in [4.69, 9.17) is 0 Å². The van der Waals surface area contributed by atoms with Crippen molar-refractivity contribution in [1.82, 2.24) is 10.2 Å². The third kappa shape index (κ3) is 2.58. The molecule has 19 heavy (non-hydrogen) atoms. The number of rotatable bonds is 3. The third-order valence-corrected chi connectivity index (χ3v) is 3.57. The molecule has 0 bridgehead atoms. The number of aromatic nitrogens is 2. The van der Waals surface area contributed by atoms with Crippen molar-refractivity contribution in [2.24, 2.45) is 0 Å². The summed E-state index contributed by atoms with van der Waals surface area (Å²) in [5.41, 5.74) is 1.54. The first-order chi connectivity index (χ1) is 9.33. The Bertz CT molecular complexity index is 748. The van der Waals surface area contributed by atoms with Crippen LogP contribution in [-0.4, -0.2) is 16.0 Å². The SMILES string of the molecule is O=C(/C=C/c1cc2ccccc2nn1)c1cccs1. The van der Waals surface area contributed by atoms with Crippen LogP contribution in [0.4, 0.5) is 0 Å². The molecule has 0 saturated heterocycles. The van der Waals surface area contributed by atoms with Crippen LogP contribution < -0.4 is 0 Å². The Kier molecular flexibility index (Phi) is 3.16. The second-order valence-corrected chi connectivity index (χ2v) is 4.95. The van der Waals surface area contributed by atoms with Gasteiger partial charge in [0.2, 0.25) is 0 Å². The van der Waals surface area contributed by atoms with Gasteiger partial charge in [0.05, 0.1) is 16.1 Å². The third-order valence-electron chi connectivity index (χ3n) is 2.68. The summed E-state index contributed by atoms with van der Waals surface area (Å²) in [5.74, 6) is -0.00930. The van der Waals surface area contributed by atoms with E-state index in [9.17, 15) is 4.79 Å². The van der Waals surface area contributed by atoms with Crippen molar-refractivity contribution < 1.29 is 4.79 Å².